The first-order valence-corrected chi connectivity index (χ1v) is 10.1. The Morgan fingerprint density at radius 2 is 1.79 bits per heavy atom. The quantitative estimate of drug-likeness (QED) is 0.788. The van der Waals surface area contributed by atoms with Gasteiger partial charge in [0.2, 0.25) is 5.88 Å². The van der Waals surface area contributed by atoms with Gasteiger partial charge in [0.1, 0.15) is 0 Å². The van der Waals surface area contributed by atoms with Gasteiger partial charge in [0.05, 0.1) is 24.4 Å². The second-order valence-corrected chi connectivity index (χ2v) is 7.46. The van der Waals surface area contributed by atoms with E-state index in [4.69, 9.17) is 9.47 Å². The number of hydrogen-bond acceptors (Lipinski definition) is 6. The zero-order valence-electron chi connectivity index (χ0n) is 17.4. The molecule has 2 aromatic rings. The average Bonchev–Trinajstić information content (AvgIpc) is 2.67. The van der Waals surface area contributed by atoms with Gasteiger partial charge >= 0.3 is 6.01 Å². The molecule has 1 aliphatic heterocycles. The van der Waals surface area contributed by atoms with Crippen LogP contribution in [0.3, 0.4) is 0 Å². The Labute approximate surface area is 167 Å². The summed E-state index contributed by atoms with van der Waals surface area (Å²) in [4.78, 5) is 11.0. The summed E-state index contributed by atoms with van der Waals surface area (Å²) in [6.45, 7) is 11.6. The summed E-state index contributed by atoms with van der Waals surface area (Å²) in [6, 6.07) is 6.90. The van der Waals surface area contributed by atoms with Crippen LogP contribution in [0.25, 0.3) is 0 Å². The summed E-state index contributed by atoms with van der Waals surface area (Å²) in [7, 11) is 0. The van der Waals surface area contributed by atoms with Gasteiger partial charge in [-0.15, -0.1) is 0 Å². The summed E-state index contributed by atoms with van der Waals surface area (Å²) >= 11 is 0. The Morgan fingerprint density at radius 3 is 2.43 bits per heavy atom. The lowest BCUT2D eigenvalue weighted by Crippen LogP contribution is -2.42. The number of piperidine rings is 1. The van der Waals surface area contributed by atoms with Crippen LogP contribution in [-0.4, -0.2) is 46.3 Å². The van der Waals surface area contributed by atoms with Crippen LogP contribution in [0.4, 0.5) is 0 Å². The van der Waals surface area contributed by atoms with Gasteiger partial charge in [-0.3, -0.25) is 4.90 Å². The first kappa shape index (κ1) is 20.6. The van der Waals surface area contributed by atoms with Gasteiger partial charge in [-0.05, 0) is 57.2 Å². The van der Waals surface area contributed by atoms with Gasteiger partial charge in [0.15, 0.2) is 0 Å². The zero-order valence-corrected chi connectivity index (χ0v) is 17.4. The topological polar surface area (TPSA) is 67.7 Å². The van der Waals surface area contributed by atoms with Crippen LogP contribution in [0.2, 0.25) is 0 Å². The fourth-order valence-electron chi connectivity index (χ4n) is 3.63. The van der Waals surface area contributed by atoms with E-state index in [-0.39, 0.29) is 6.01 Å². The van der Waals surface area contributed by atoms with Crippen molar-refractivity contribution >= 4 is 0 Å². The number of hydrogen-bond donors (Lipinski definition) is 1. The van der Waals surface area contributed by atoms with Crippen molar-refractivity contribution in [2.45, 2.75) is 52.7 Å². The monoisotopic (exact) mass is 385 g/mol. The van der Waals surface area contributed by atoms with E-state index >= 15 is 0 Å². The van der Waals surface area contributed by atoms with E-state index in [1.807, 2.05) is 13.8 Å². The summed E-state index contributed by atoms with van der Waals surface area (Å²) in [6.07, 6.45) is 2.90. The minimum Gasteiger partial charge on any atom is -0.478 e. The van der Waals surface area contributed by atoms with Crippen LogP contribution in [0.1, 0.15) is 48.9 Å². The predicted octanol–water partition coefficient (Wildman–Crippen LogP) is 3.37. The fourth-order valence-corrected chi connectivity index (χ4v) is 3.63. The Bertz CT molecular complexity index is 802. The third-order valence-corrected chi connectivity index (χ3v) is 5.45. The average molecular weight is 386 g/mol. The van der Waals surface area contributed by atoms with E-state index in [0.717, 1.165) is 19.6 Å². The number of rotatable bonds is 7. The molecule has 6 nitrogen and oxygen atoms in total. The number of aromatic nitrogens is 2. The number of nitrogens with zero attached hydrogens (tertiary/aromatic N) is 3. The molecule has 28 heavy (non-hydrogen) atoms. The lowest BCUT2D eigenvalue weighted by Gasteiger charge is -2.38. The molecular formula is C22H31N3O3. The lowest BCUT2D eigenvalue weighted by atomic mass is 9.85. The van der Waals surface area contributed by atoms with Crippen molar-refractivity contribution in [2.75, 3.05) is 26.3 Å². The normalized spacial score (nSPS) is 16.8. The van der Waals surface area contributed by atoms with Gasteiger partial charge in [0.25, 0.3) is 0 Å². The smallest absolute Gasteiger partial charge is 0.319 e. The number of aliphatic hydroxyl groups is 1. The van der Waals surface area contributed by atoms with Crippen LogP contribution in [0, 0.1) is 13.8 Å². The minimum atomic E-state index is -0.977. The molecule has 0 saturated carbocycles. The summed E-state index contributed by atoms with van der Waals surface area (Å²) in [5.41, 5.74) is 3.63. The van der Waals surface area contributed by atoms with Crippen molar-refractivity contribution in [3.05, 3.63) is 46.6 Å². The van der Waals surface area contributed by atoms with Crippen molar-refractivity contribution in [1.82, 2.24) is 14.9 Å². The molecule has 0 atom stereocenters. The van der Waals surface area contributed by atoms with Crippen molar-refractivity contribution in [2.24, 2.45) is 0 Å². The largest absolute Gasteiger partial charge is 0.478 e. The molecule has 0 radical (unpaired) electrons. The van der Waals surface area contributed by atoms with E-state index in [1.54, 1.807) is 6.20 Å². The summed E-state index contributed by atoms with van der Waals surface area (Å²) < 4.78 is 11.1. The molecule has 152 valence electrons. The summed E-state index contributed by atoms with van der Waals surface area (Å²) in [5.74, 6) is 0.422. The molecule has 0 spiro atoms. The van der Waals surface area contributed by atoms with Crippen LogP contribution in [0.15, 0.2) is 24.4 Å². The first-order valence-electron chi connectivity index (χ1n) is 10.1. The maximum absolute atomic E-state index is 11.3. The standard InChI is InChI=1S/C22H31N3O3/c1-5-27-20-19(14-23-21(24-20)28-6-2)22(26)9-11-25(12-10-22)15-18-8-7-16(3)17(4)13-18/h7-8,13-14,26H,5-6,9-12,15H2,1-4H3. The van der Waals surface area contributed by atoms with E-state index in [1.165, 1.54) is 16.7 Å². The molecular weight excluding hydrogens is 354 g/mol. The van der Waals surface area contributed by atoms with Crippen LogP contribution in [-0.2, 0) is 12.1 Å². The molecule has 1 N–H and O–H groups in total. The molecule has 2 heterocycles. The Kier molecular flexibility index (Phi) is 6.52. The summed E-state index contributed by atoms with van der Waals surface area (Å²) in [5, 5.41) is 11.3. The van der Waals surface area contributed by atoms with Gasteiger partial charge in [-0.1, -0.05) is 18.2 Å². The SMILES string of the molecule is CCOc1ncc(C2(O)CCN(Cc3ccc(C)c(C)c3)CC2)c(OCC)n1. The van der Waals surface area contributed by atoms with Crippen molar-refractivity contribution in [3.63, 3.8) is 0 Å². The molecule has 1 aromatic carbocycles. The molecule has 1 aliphatic rings. The fraction of sp³-hybridized carbons (Fsp3) is 0.545. The molecule has 0 unspecified atom stereocenters. The Hall–Kier alpha value is -2.18. The van der Waals surface area contributed by atoms with E-state index < -0.39 is 5.60 Å². The Balaban J connectivity index is 1.70. The van der Waals surface area contributed by atoms with Crippen molar-refractivity contribution in [3.8, 4) is 11.9 Å². The number of likely N-dealkylation sites (tertiary alicyclic amines) is 1. The van der Waals surface area contributed by atoms with Gasteiger partial charge < -0.3 is 14.6 Å². The third kappa shape index (κ3) is 4.62. The maximum atomic E-state index is 11.3. The van der Waals surface area contributed by atoms with Crippen LogP contribution in [0.5, 0.6) is 11.9 Å². The van der Waals surface area contributed by atoms with Gasteiger partial charge in [-0.25, -0.2) is 4.98 Å². The van der Waals surface area contributed by atoms with Crippen molar-refractivity contribution < 1.29 is 14.6 Å². The zero-order chi connectivity index (χ0) is 20.1. The first-order chi connectivity index (χ1) is 13.4. The second kappa shape index (κ2) is 8.88. The molecule has 0 amide bonds. The van der Waals surface area contributed by atoms with Crippen LogP contribution < -0.4 is 9.47 Å². The van der Waals surface area contributed by atoms with Gasteiger partial charge in [-0.2, -0.15) is 4.98 Å². The highest BCUT2D eigenvalue weighted by Crippen LogP contribution is 2.38. The maximum Gasteiger partial charge on any atom is 0.319 e. The highest BCUT2D eigenvalue weighted by Gasteiger charge is 2.37. The highest BCUT2D eigenvalue weighted by atomic mass is 16.5. The second-order valence-electron chi connectivity index (χ2n) is 7.46. The van der Waals surface area contributed by atoms with E-state index in [0.29, 0.717) is 37.5 Å². The predicted molar refractivity (Wildman–Crippen MR) is 109 cm³/mol. The molecule has 3 rings (SSSR count). The number of ether oxygens (including phenoxy) is 2. The van der Waals surface area contributed by atoms with Crippen molar-refractivity contribution in [1.29, 1.82) is 0 Å². The number of benzene rings is 1. The molecule has 0 aliphatic carbocycles. The number of aryl methyl sites for hydroxylation is 2. The van der Waals surface area contributed by atoms with Gasteiger partial charge in [0, 0.05) is 25.8 Å². The molecule has 1 saturated heterocycles. The molecule has 0 bridgehead atoms. The molecule has 1 fully saturated rings. The highest BCUT2D eigenvalue weighted by molar-refractivity contribution is 5.32. The lowest BCUT2D eigenvalue weighted by molar-refractivity contribution is -0.0303. The minimum absolute atomic E-state index is 0.283. The molecule has 6 heteroatoms. The van der Waals surface area contributed by atoms with E-state index in [2.05, 4.69) is 46.9 Å². The van der Waals surface area contributed by atoms with Crippen LogP contribution >= 0.6 is 0 Å². The molecule has 1 aromatic heterocycles. The van der Waals surface area contributed by atoms with E-state index in [9.17, 15) is 5.11 Å². The Morgan fingerprint density at radius 1 is 1.07 bits per heavy atom. The third-order valence-electron chi connectivity index (χ3n) is 5.45.